The van der Waals surface area contributed by atoms with Gasteiger partial charge in [0.1, 0.15) is 5.92 Å². The Morgan fingerprint density at radius 1 is 1.60 bits per heavy atom. The van der Waals surface area contributed by atoms with Crippen molar-refractivity contribution in [1.29, 1.82) is 0 Å². The lowest BCUT2D eigenvalue weighted by Gasteiger charge is -2.11. The summed E-state index contributed by atoms with van der Waals surface area (Å²) in [7, 11) is 0. The van der Waals surface area contributed by atoms with Crippen molar-refractivity contribution in [2.75, 3.05) is 0 Å². The molecule has 1 unspecified atom stereocenters. The SMILES string of the molecule is C#CC(CC=C)C(F)(F)F. The van der Waals surface area contributed by atoms with Crippen LogP contribution >= 0.6 is 0 Å². The number of rotatable bonds is 2. The van der Waals surface area contributed by atoms with Gasteiger partial charge in [0.05, 0.1) is 0 Å². The zero-order valence-electron chi connectivity index (χ0n) is 5.28. The van der Waals surface area contributed by atoms with Crippen LogP contribution in [0.3, 0.4) is 0 Å². The van der Waals surface area contributed by atoms with Crippen molar-refractivity contribution >= 4 is 0 Å². The molecule has 0 fully saturated rings. The maximum absolute atomic E-state index is 11.7. The number of hydrogen-bond donors (Lipinski definition) is 0. The Kier molecular flexibility index (Phi) is 3.01. The molecule has 0 saturated heterocycles. The lowest BCUT2D eigenvalue weighted by atomic mass is 10.1. The topological polar surface area (TPSA) is 0 Å². The second kappa shape index (κ2) is 3.31. The number of allylic oxidation sites excluding steroid dienone is 1. The lowest BCUT2D eigenvalue weighted by Crippen LogP contribution is -2.20. The van der Waals surface area contributed by atoms with E-state index in [2.05, 4.69) is 13.0 Å². The van der Waals surface area contributed by atoms with Crippen molar-refractivity contribution in [3.63, 3.8) is 0 Å². The first-order chi connectivity index (χ1) is 4.52. The summed E-state index contributed by atoms with van der Waals surface area (Å²) in [6.45, 7) is 3.17. The van der Waals surface area contributed by atoms with Gasteiger partial charge in [0.25, 0.3) is 0 Å². The van der Waals surface area contributed by atoms with Crippen molar-refractivity contribution in [3.8, 4) is 12.3 Å². The first-order valence-electron chi connectivity index (χ1n) is 2.66. The molecule has 1 atom stereocenters. The van der Waals surface area contributed by atoms with E-state index in [1.807, 2.05) is 0 Å². The predicted octanol–water partition coefficient (Wildman–Crippen LogP) is 2.37. The molecule has 56 valence electrons. The fraction of sp³-hybridized carbons (Fsp3) is 0.429. The molecule has 0 aromatic rings. The van der Waals surface area contributed by atoms with Crippen LogP contribution in [0.15, 0.2) is 12.7 Å². The molecule has 0 radical (unpaired) electrons. The number of alkyl halides is 3. The molecular formula is C7H7F3. The van der Waals surface area contributed by atoms with Gasteiger partial charge < -0.3 is 0 Å². The lowest BCUT2D eigenvalue weighted by molar-refractivity contribution is -0.157. The van der Waals surface area contributed by atoms with Gasteiger partial charge in [-0.3, -0.25) is 0 Å². The molecule has 0 aromatic carbocycles. The van der Waals surface area contributed by atoms with E-state index in [9.17, 15) is 13.2 Å². The van der Waals surface area contributed by atoms with Gasteiger partial charge in [-0.05, 0) is 6.42 Å². The maximum atomic E-state index is 11.7. The highest BCUT2D eigenvalue weighted by molar-refractivity contribution is 4.99. The highest BCUT2D eigenvalue weighted by Crippen LogP contribution is 2.27. The Morgan fingerprint density at radius 2 is 2.10 bits per heavy atom. The maximum Gasteiger partial charge on any atom is 0.402 e. The summed E-state index contributed by atoms with van der Waals surface area (Å²) in [5.74, 6) is -0.0293. The minimum atomic E-state index is -4.29. The molecule has 0 aliphatic carbocycles. The van der Waals surface area contributed by atoms with Crippen LogP contribution in [-0.4, -0.2) is 6.18 Å². The summed E-state index contributed by atoms with van der Waals surface area (Å²) in [5.41, 5.74) is 0. The largest absolute Gasteiger partial charge is 0.402 e. The third-order valence-corrected chi connectivity index (χ3v) is 0.999. The minimum absolute atomic E-state index is 0.208. The molecule has 0 N–H and O–H groups in total. The molecule has 0 aliphatic rings. The van der Waals surface area contributed by atoms with Crippen molar-refractivity contribution in [2.45, 2.75) is 12.6 Å². The minimum Gasteiger partial charge on any atom is -0.170 e. The van der Waals surface area contributed by atoms with Crippen molar-refractivity contribution in [3.05, 3.63) is 12.7 Å². The molecule has 3 heteroatoms. The van der Waals surface area contributed by atoms with Crippen LogP contribution in [0.4, 0.5) is 13.2 Å². The summed E-state index contributed by atoms with van der Waals surface area (Å²) in [6, 6.07) is 0. The van der Waals surface area contributed by atoms with Gasteiger partial charge in [0, 0.05) is 0 Å². The van der Waals surface area contributed by atoms with E-state index >= 15 is 0 Å². The Hall–Kier alpha value is -0.910. The second-order valence-electron chi connectivity index (χ2n) is 1.79. The fourth-order valence-corrected chi connectivity index (χ4v) is 0.463. The normalized spacial score (nSPS) is 13.8. The standard InChI is InChI=1S/C7H7F3/c1-3-5-6(4-2)7(8,9)10/h2-3,6H,1,5H2. The van der Waals surface area contributed by atoms with Gasteiger partial charge >= 0.3 is 6.18 Å². The quantitative estimate of drug-likeness (QED) is 0.416. The van der Waals surface area contributed by atoms with Crippen LogP contribution in [0.2, 0.25) is 0 Å². The monoisotopic (exact) mass is 148 g/mol. The summed E-state index contributed by atoms with van der Waals surface area (Å²) < 4.78 is 35.2. The number of terminal acetylenes is 1. The Morgan fingerprint density at radius 3 is 2.20 bits per heavy atom. The van der Waals surface area contributed by atoms with Crippen molar-refractivity contribution in [1.82, 2.24) is 0 Å². The first-order valence-corrected chi connectivity index (χ1v) is 2.66. The summed E-state index contributed by atoms with van der Waals surface area (Å²) in [6.07, 6.45) is 1.29. The molecule has 0 amide bonds. The third-order valence-electron chi connectivity index (χ3n) is 0.999. The number of halogens is 3. The molecular weight excluding hydrogens is 141 g/mol. The average molecular weight is 148 g/mol. The Balaban J connectivity index is 4.10. The van der Waals surface area contributed by atoms with Crippen LogP contribution in [0.25, 0.3) is 0 Å². The number of hydrogen-bond acceptors (Lipinski definition) is 0. The highest BCUT2D eigenvalue weighted by Gasteiger charge is 2.36. The fourth-order valence-electron chi connectivity index (χ4n) is 0.463. The molecule has 0 aromatic heterocycles. The van der Waals surface area contributed by atoms with E-state index in [1.165, 1.54) is 0 Å². The van der Waals surface area contributed by atoms with Crippen molar-refractivity contribution in [2.24, 2.45) is 5.92 Å². The van der Waals surface area contributed by atoms with E-state index < -0.39 is 12.1 Å². The predicted molar refractivity (Wildman–Crippen MR) is 33.2 cm³/mol. The highest BCUT2D eigenvalue weighted by atomic mass is 19.4. The van der Waals surface area contributed by atoms with E-state index in [4.69, 9.17) is 0 Å². The molecule has 0 heterocycles. The molecule has 0 aliphatic heterocycles. The zero-order valence-corrected chi connectivity index (χ0v) is 5.28. The summed E-state index contributed by atoms with van der Waals surface area (Å²) in [5, 5.41) is 0. The smallest absolute Gasteiger partial charge is 0.170 e. The van der Waals surface area contributed by atoms with E-state index in [-0.39, 0.29) is 6.42 Å². The van der Waals surface area contributed by atoms with Gasteiger partial charge in [0.2, 0.25) is 0 Å². The van der Waals surface area contributed by atoms with E-state index in [0.29, 0.717) is 0 Å². The van der Waals surface area contributed by atoms with Crippen LogP contribution < -0.4 is 0 Å². The van der Waals surface area contributed by atoms with Gasteiger partial charge in [0.15, 0.2) is 0 Å². The van der Waals surface area contributed by atoms with Gasteiger partial charge in [-0.25, -0.2) is 0 Å². The third kappa shape index (κ3) is 2.58. The molecule has 0 spiro atoms. The van der Waals surface area contributed by atoms with Crippen LogP contribution in [0.1, 0.15) is 6.42 Å². The first kappa shape index (κ1) is 9.09. The summed E-state index contributed by atoms with van der Waals surface area (Å²) >= 11 is 0. The van der Waals surface area contributed by atoms with E-state index in [1.54, 1.807) is 5.92 Å². The molecule has 0 nitrogen and oxygen atoms in total. The van der Waals surface area contributed by atoms with Crippen LogP contribution in [0.5, 0.6) is 0 Å². The molecule has 0 bridgehead atoms. The Bertz CT molecular complexity index is 149. The van der Waals surface area contributed by atoms with E-state index in [0.717, 1.165) is 6.08 Å². The van der Waals surface area contributed by atoms with Gasteiger partial charge in [-0.2, -0.15) is 13.2 Å². The average Bonchev–Trinajstić information content (AvgIpc) is 1.80. The zero-order chi connectivity index (χ0) is 8.20. The molecule has 0 saturated carbocycles. The Labute approximate surface area is 57.7 Å². The van der Waals surface area contributed by atoms with Gasteiger partial charge in [-0.1, -0.05) is 12.0 Å². The van der Waals surface area contributed by atoms with Gasteiger partial charge in [-0.15, -0.1) is 13.0 Å². The van der Waals surface area contributed by atoms with Crippen LogP contribution in [0, 0.1) is 18.3 Å². The molecule has 10 heavy (non-hydrogen) atoms. The molecule has 0 rings (SSSR count). The second-order valence-corrected chi connectivity index (χ2v) is 1.79. The van der Waals surface area contributed by atoms with Crippen molar-refractivity contribution < 1.29 is 13.2 Å². The summed E-state index contributed by atoms with van der Waals surface area (Å²) in [4.78, 5) is 0. The van der Waals surface area contributed by atoms with Crippen LogP contribution in [-0.2, 0) is 0 Å².